The van der Waals surface area contributed by atoms with Gasteiger partial charge in [0.05, 0.1) is 5.75 Å². The molecule has 0 aromatic rings. The third-order valence-corrected chi connectivity index (χ3v) is 4.17. The lowest BCUT2D eigenvalue weighted by atomic mass is 9.79. The van der Waals surface area contributed by atoms with E-state index in [9.17, 15) is 22.8 Å². The number of rotatable bonds is 7. The van der Waals surface area contributed by atoms with Gasteiger partial charge in [-0.2, -0.15) is 8.42 Å². The van der Waals surface area contributed by atoms with Crippen molar-refractivity contribution in [3.63, 3.8) is 0 Å². The first-order valence-corrected chi connectivity index (χ1v) is 8.74. The molecule has 2 unspecified atom stereocenters. The Hall–Kier alpha value is -1.88. The van der Waals surface area contributed by atoms with Crippen molar-refractivity contribution in [1.29, 1.82) is 0 Å². The molecule has 0 radical (unpaired) electrons. The second-order valence-electron chi connectivity index (χ2n) is 6.14. The molecule has 0 aromatic carbocycles. The standard InChI is InChI=1S/C13H21NO9S/c1-8(15)14-9(4-5-24(18,19)20)6-13(2,3)10-11(16)21-7-22-12(17)23-10/h9-10H,4-7H2,1-3H3,(H,14,15)(H,18,19,20). The summed E-state index contributed by atoms with van der Waals surface area (Å²) in [6.07, 6.45) is -2.33. The molecule has 138 valence electrons. The summed E-state index contributed by atoms with van der Waals surface area (Å²) in [7, 11) is -4.21. The van der Waals surface area contributed by atoms with E-state index in [1.54, 1.807) is 13.8 Å². The zero-order valence-electron chi connectivity index (χ0n) is 13.6. The Labute approximate surface area is 139 Å². The van der Waals surface area contributed by atoms with Crippen LogP contribution in [-0.2, 0) is 33.9 Å². The van der Waals surface area contributed by atoms with Crippen LogP contribution in [0.2, 0.25) is 0 Å². The molecule has 1 fully saturated rings. The highest BCUT2D eigenvalue weighted by molar-refractivity contribution is 7.85. The molecule has 1 amide bonds. The summed E-state index contributed by atoms with van der Waals surface area (Å²) in [5.41, 5.74) is -0.993. The molecule has 1 saturated heterocycles. The van der Waals surface area contributed by atoms with E-state index < -0.39 is 58.3 Å². The van der Waals surface area contributed by atoms with Crippen LogP contribution in [0.5, 0.6) is 0 Å². The fourth-order valence-corrected chi connectivity index (χ4v) is 3.00. The van der Waals surface area contributed by atoms with E-state index >= 15 is 0 Å². The number of esters is 1. The van der Waals surface area contributed by atoms with Gasteiger partial charge in [-0.05, 0) is 12.8 Å². The predicted octanol–water partition coefficient (Wildman–Crippen LogP) is 0.221. The Morgan fingerprint density at radius 1 is 1.38 bits per heavy atom. The quantitative estimate of drug-likeness (QED) is 0.476. The number of nitrogens with one attached hydrogen (secondary N) is 1. The zero-order chi connectivity index (χ0) is 18.5. The molecule has 1 aliphatic heterocycles. The van der Waals surface area contributed by atoms with Gasteiger partial charge in [-0.3, -0.25) is 9.35 Å². The molecule has 1 aliphatic rings. The maximum atomic E-state index is 11.9. The van der Waals surface area contributed by atoms with Crippen LogP contribution in [0.3, 0.4) is 0 Å². The van der Waals surface area contributed by atoms with E-state index in [0.717, 1.165) is 0 Å². The molecule has 0 aromatic heterocycles. The highest BCUT2D eigenvalue weighted by Gasteiger charge is 2.43. The van der Waals surface area contributed by atoms with Crippen molar-refractivity contribution in [2.45, 2.75) is 45.8 Å². The molecule has 24 heavy (non-hydrogen) atoms. The van der Waals surface area contributed by atoms with Crippen molar-refractivity contribution >= 4 is 28.1 Å². The number of hydrogen-bond donors (Lipinski definition) is 2. The Morgan fingerprint density at radius 2 is 2.00 bits per heavy atom. The van der Waals surface area contributed by atoms with Crippen molar-refractivity contribution in [1.82, 2.24) is 5.32 Å². The van der Waals surface area contributed by atoms with Crippen molar-refractivity contribution in [3.8, 4) is 0 Å². The molecule has 1 rings (SSSR count). The lowest BCUT2D eigenvalue weighted by Crippen LogP contribution is -2.45. The van der Waals surface area contributed by atoms with Gasteiger partial charge >= 0.3 is 12.1 Å². The van der Waals surface area contributed by atoms with Gasteiger partial charge in [0.25, 0.3) is 10.1 Å². The Morgan fingerprint density at radius 3 is 2.54 bits per heavy atom. The van der Waals surface area contributed by atoms with Crippen LogP contribution >= 0.6 is 0 Å². The summed E-state index contributed by atoms with van der Waals surface area (Å²) in [5.74, 6) is -1.77. The lowest BCUT2D eigenvalue weighted by molar-refractivity contribution is -0.159. The summed E-state index contributed by atoms with van der Waals surface area (Å²) in [6.45, 7) is 3.89. The van der Waals surface area contributed by atoms with E-state index in [1.807, 2.05) is 0 Å². The molecule has 2 N–H and O–H groups in total. The zero-order valence-corrected chi connectivity index (χ0v) is 14.4. The van der Waals surface area contributed by atoms with Gasteiger partial charge in [0.15, 0.2) is 0 Å². The van der Waals surface area contributed by atoms with Crippen LogP contribution in [-0.4, -0.2) is 55.7 Å². The van der Waals surface area contributed by atoms with E-state index in [2.05, 4.69) is 10.1 Å². The maximum absolute atomic E-state index is 11.9. The van der Waals surface area contributed by atoms with Crippen molar-refractivity contribution in [3.05, 3.63) is 0 Å². The van der Waals surface area contributed by atoms with Crippen LogP contribution < -0.4 is 5.32 Å². The normalized spacial score (nSPS) is 20.2. The molecule has 0 bridgehead atoms. The van der Waals surface area contributed by atoms with Crippen molar-refractivity contribution in [2.75, 3.05) is 12.5 Å². The largest absolute Gasteiger partial charge is 0.512 e. The molecule has 2 atom stereocenters. The van der Waals surface area contributed by atoms with E-state index in [-0.39, 0.29) is 12.8 Å². The minimum atomic E-state index is -4.21. The topological polar surface area (TPSA) is 145 Å². The van der Waals surface area contributed by atoms with Crippen LogP contribution in [0, 0.1) is 5.41 Å². The smallest absolute Gasteiger partial charge is 0.425 e. The molecule has 0 aliphatic carbocycles. The highest BCUT2D eigenvalue weighted by atomic mass is 32.2. The number of hydrogen-bond acceptors (Lipinski definition) is 8. The molecular formula is C13H21NO9S. The first-order chi connectivity index (χ1) is 10.9. The number of carbonyl (C=O) groups excluding carboxylic acids is 3. The van der Waals surface area contributed by atoms with Gasteiger partial charge in [-0.15, -0.1) is 0 Å². The van der Waals surface area contributed by atoms with E-state index in [0.29, 0.717) is 0 Å². The summed E-state index contributed by atoms with van der Waals surface area (Å²) in [6, 6.07) is -0.671. The summed E-state index contributed by atoms with van der Waals surface area (Å²) in [5, 5.41) is 2.55. The first kappa shape index (κ1) is 20.2. The SMILES string of the molecule is CC(=O)NC(CCS(=O)(=O)O)CC(C)(C)C1OC(=O)OCOC1=O. The summed E-state index contributed by atoms with van der Waals surface area (Å²) in [4.78, 5) is 34.6. The van der Waals surface area contributed by atoms with E-state index in [1.165, 1.54) is 6.92 Å². The molecule has 0 spiro atoms. The van der Waals surface area contributed by atoms with Crippen LogP contribution in [0.25, 0.3) is 0 Å². The Bertz CT molecular complexity index is 599. The maximum Gasteiger partial charge on any atom is 0.512 e. The fourth-order valence-electron chi connectivity index (χ4n) is 2.41. The van der Waals surface area contributed by atoms with Gasteiger partial charge in [-0.25, -0.2) is 9.59 Å². The molecular weight excluding hydrogens is 346 g/mol. The van der Waals surface area contributed by atoms with Crippen LogP contribution in [0.15, 0.2) is 0 Å². The Balaban J connectivity index is 2.89. The second-order valence-corrected chi connectivity index (χ2v) is 7.71. The predicted molar refractivity (Wildman–Crippen MR) is 79.3 cm³/mol. The summed E-state index contributed by atoms with van der Waals surface area (Å²) >= 11 is 0. The molecule has 1 heterocycles. The molecule has 10 nitrogen and oxygen atoms in total. The Kier molecular flexibility index (Phi) is 6.55. The highest BCUT2D eigenvalue weighted by Crippen LogP contribution is 2.32. The monoisotopic (exact) mass is 367 g/mol. The van der Waals surface area contributed by atoms with E-state index in [4.69, 9.17) is 14.0 Å². The van der Waals surface area contributed by atoms with Crippen molar-refractivity contribution in [2.24, 2.45) is 5.41 Å². The van der Waals surface area contributed by atoms with Crippen LogP contribution in [0.1, 0.15) is 33.6 Å². The van der Waals surface area contributed by atoms with Gasteiger partial charge in [0, 0.05) is 18.4 Å². The minimum Gasteiger partial charge on any atom is -0.425 e. The third-order valence-electron chi connectivity index (χ3n) is 3.42. The average molecular weight is 367 g/mol. The lowest BCUT2D eigenvalue weighted by Gasteiger charge is -2.33. The molecule has 0 saturated carbocycles. The van der Waals surface area contributed by atoms with Gasteiger partial charge in [-0.1, -0.05) is 13.8 Å². The van der Waals surface area contributed by atoms with Crippen molar-refractivity contribution < 1.29 is 41.6 Å². The van der Waals surface area contributed by atoms with Crippen LogP contribution in [0.4, 0.5) is 4.79 Å². The number of carbonyl (C=O) groups is 3. The second kappa shape index (κ2) is 7.79. The average Bonchev–Trinajstić information content (AvgIpc) is 2.56. The minimum absolute atomic E-state index is 0.0753. The number of cyclic esters (lactones) is 3. The number of amides is 1. The third kappa shape index (κ3) is 6.71. The van der Waals surface area contributed by atoms with Gasteiger partial charge in [0.2, 0.25) is 18.8 Å². The van der Waals surface area contributed by atoms with Gasteiger partial charge in [0.1, 0.15) is 0 Å². The molecule has 11 heteroatoms. The van der Waals surface area contributed by atoms with Gasteiger partial charge < -0.3 is 19.5 Å². The summed E-state index contributed by atoms with van der Waals surface area (Å²) < 4.78 is 44.8. The fraction of sp³-hybridized carbons (Fsp3) is 0.769. The number of ether oxygens (including phenoxy) is 3. The first-order valence-electron chi connectivity index (χ1n) is 7.13.